The van der Waals surface area contributed by atoms with Gasteiger partial charge in [-0.1, -0.05) is 53.6 Å². The zero-order chi connectivity index (χ0) is 20.1. The molecule has 3 rings (SSSR count). The van der Waals surface area contributed by atoms with Gasteiger partial charge < -0.3 is 4.18 Å². The van der Waals surface area contributed by atoms with E-state index in [1.54, 1.807) is 30.3 Å². The summed E-state index contributed by atoms with van der Waals surface area (Å²) in [6, 6.07) is 22.1. The van der Waals surface area contributed by atoms with E-state index in [0.717, 1.165) is 16.7 Å². The van der Waals surface area contributed by atoms with Gasteiger partial charge in [0.2, 0.25) is 0 Å². The lowest BCUT2D eigenvalue weighted by molar-refractivity contribution is 0.486. The second kappa shape index (κ2) is 8.30. The second-order valence-corrected chi connectivity index (χ2v) is 8.08. The summed E-state index contributed by atoms with van der Waals surface area (Å²) in [5.41, 5.74) is 3.21. The van der Waals surface area contributed by atoms with Crippen molar-refractivity contribution in [2.24, 2.45) is 0 Å². The number of rotatable bonds is 5. The van der Waals surface area contributed by atoms with Crippen LogP contribution in [0.2, 0.25) is 5.02 Å². The molecule has 3 aromatic rings. The molecule has 0 saturated carbocycles. The van der Waals surface area contributed by atoms with Gasteiger partial charge in [0, 0.05) is 5.02 Å². The van der Waals surface area contributed by atoms with Crippen LogP contribution in [0.25, 0.3) is 11.6 Å². The maximum atomic E-state index is 12.3. The zero-order valence-corrected chi connectivity index (χ0v) is 16.5. The van der Waals surface area contributed by atoms with Gasteiger partial charge in [0.15, 0.2) is 0 Å². The van der Waals surface area contributed by atoms with Crippen molar-refractivity contribution in [2.45, 2.75) is 11.8 Å². The molecule has 0 unspecified atom stereocenters. The minimum atomic E-state index is -3.94. The minimum Gasteiger partial charge on any atom is -0.379 e. The first-order chi connectivity index (χ1) is 13.4. The number of hydrogen-bond acceptors (Lipinski definition) is 4. The van der Waals surface area contributed by atoms with Gasteiger partial charge in [0.05, 0.1) is 11.6 Å². The highest BCUT2D eigenvalue weighted by atomic mass is 35.5. The molecule has 3 aromatic carbocycles. The van der Waals surface area contributed by atoms with Crippen molar-refractivity contribution >= 4 is 33.4 Å². The molecule has 0 amide bonds. The van der Waals surface area contributed by atoms with Crippen LogP contribution in [0.4, 0.5) is 0 Å². The summed E-state index contributed by atoms with van der Waals surface area (Å²) in [7, 11) is -3.94. The largest absolute Gasteiger partial charge is 0.379 e. The number of halogens is 1. The molecule has 140 valence electrons. The topological polar surface area (TPSA) is 67.2 Å². The summed E-state index contributed by atoms with van der Waals surface area (Å²) in [5, 5.41) is 9.87. The Morgan fingerprint density at radius 1 is 0.964 bits per heavy atom. The van der Waals surface area contributed by atoms with Gasteiger partial charge in [-0.2, -0.15) is 13.7 Å². The fraction of sp³-hybridized carbons (Fsp3) is 0.0455. The number of nitriles is 1. The summed E-state index contributed by atoms with van der Waals surface area (Å²) in [6.45, 7) is 1.98. The van der Waals surface area contributed by atoms with Gasteiger partial charge in [-0.05, 0) is 60.5 Å². The van der Waals surface area contributed by atoms with E-state index in [1.807, 2.05) is 31.2 Å². The predicted octanol–water partition coefficient (Wildman–Crippen LogP) is 5.48. The smallest absolute Gasteiger partial charge is 0.339 e. The summed E-state index contributed by atoms with van der Waals surface area (Å²) in [5.74, 6) is 0.181. The van der Waals surface area contributed by atoms with Crippen molar-refractivity contribution < 1.29 is 12.6 Å². The van der Waals surface area contributed by atoms with Gasteiger partial charge >= 0.3 is 10.1 Å². The van der Waals surface area contributed by atoms with E-state index in [-0.39, 0.29) is 10.6 Å². The Balaban J connectivity index is 1.80. The average molecular weight is 410 g/mol. The molecule has 0 fully saturated rings. The highest BCUT2D eigenvalue weighted by Crippen LogP contribution is 2.23. The second-order valence-electron chi connectivity index (χ2n) is 6.10. The van der Waals surface area contributed by atoms with Crippen molar-refractivity contribution in [3.8, 4) is 11.8 Å². The van der Waals surface area contributed by atoms with Crippen LogP contribution in [0.15, 0.2) is 77.7 Å². The van der Waals surface area contributed by atoms with Crippen molar-refractivity contribution in [3.05, 3.63) is 94.5 Å². The molecular weight excluding hydrogens is 394 g/mol. The number of aryl methyl sites for hydroxylation is 1. The third-order valence-corrected chi connectivity index (χ3v) is 5.50. The van der Waals surface area contributed by atoms with E-state index in [0.29, 0.717) is 10.6 Å². The van der Waals surface area contributed by atoms with E-state index < -0.39 is 10.1 Å². The molecule has 0 aromatic heterocycles. The van der Waals surface area contributed by atoms with Crippen molar-refractivity contribution in [1.82, 2.24) is 0 Å². The summed E-state index contributed by atoms with van der Waals surface area (Å²) < 4.78 is 29.8. The van der Waals surface area contributed by atoms with Crippen LogP contribution in [0.3, 0.4) is 0 Å². The Morgan fingerprint density at radius 2 is 1.57 bits per heavy atom. The van der Waals surface area contributed by atoms with E-state index >= 15 is 0 Å². The first-order valence-corrected chi connectivity index (χ1v) is 10.1. The predicted molar refractivity (Wildman–Crippen MR) is 110 cm³/mol. The SMILES string of the molecule is Cc1ccc(/C(C#N)=C/c2ccc(OS(=O)(=O)c3ccc(Cl)cc3)cc2)cc1. The van der Waals surface area contributed by atoms with E-state index in [9.17, 15) is 13.7 Å². The van der Waals surface area contributed by atoms with E-state index in [4.69, 9.17) is 15.8 Å². The quantitative estimate of drug-likeness (QED) is 0.318. The van der Waals surface area contributed by atoms with Gasteiger partial charge in [0.25, 0.3) is 0 Å². The number of nitrogens with zero attached hydrogens (tertiary/aromatic N) is 1. The van der Waals surface area contributed by atoms with Gasteiger partial charge in [-0.25, -0.2) is 0 Å². The van der Waals surface area contributed by atoms with Crippen LogP contribution in [-0.2, 0) is 10.1 Å². The highest BCUT2D eigenvalue weighted by Gasteiger charge is 2.16. The molecule has 0 N–H and O–H groups in total. The Bertz CT molecular complexity index is 1140. The molecule has 0 aliphatic heterocycles. The number of hydrogen-bond donors (Lipinski definition) is 0. The molecule has 6 heteroatoms. The molecule has 0 spiro atoms. The van der Waals surface area contributed by atoms with E-state index in [1.165, 1.54) is 24.3 Å². The third kappa shape index (κ3) is 4.80. The molecular formula is C22H16ClNO3S. The summed E-state index contributed by atoms with van der Waals surface area (Å²) >= 11 is 5.78. The van der Waals surface area contributed by atoms with Gasteiger partial charge in [-0.3, -0.25) is 0 Å². The molecule has 4 nitrogen and oxygen atoms in total. The van der Waals surface area contributed by atoms with Crippen LogP contribution in [0.1, 0.15) is 16.7 Å². The highest BCUT2D eigenvalue weighted by molar-refractivity contribution is 7.87. The maximum absolute atomic E-state index is 12.3. The normalized spacial score (nSPS) is 11.7. The zero-order valence-electron chi connectivity index (χ0n) is 15.0. The Morgan fingerprint density at radius 3 is 2.14 bits per heavy atom. The van der Waals surface area contributed by atoms with Crippen LogP contribution in [-0.4, -0.2) is 8.42 Å². The lowest BCUT2D eigenvalue weighted by Gasteiger charge is -2.07. The maximum Gasteiger partial charge on any atom is 0.339 e. The van der Waals surface area contributed by atoms with Gasteiger partial charge in [-0.15, -0.1) is 0 Å². The molecule has 0 aliphatic rings. The fourth-order valence-electron chi connectivity index (χ4n) is 2.48. The van der Waals surface area contributed by atoms with Crippen LogP contribution < -0.4 is 4.18 Å². The number of benzene rings is 3. The van der Waals surface area contributed by atoms with Crippen LogP contribution >= 0.6 is 11.6 Å². The molecule has 0 radical (unpaired) electrons. The standard InChI is InChI=1S/C22H16ClNO3S/c1-16-2-6-18(7-3-16)19(15-24)14-17-4-10-21(11-5-17)27-28(25,26)22-12-8-20(23)9-13-22/h2-14H,1H3/b19-14+. The molecule has 0 saturated heterocycles. The van der Waals surface area contributed by atoms with Crippen molar-refractivity contribution in [3.63, 3.8) is 0 Å². The third-order valence-electron chi connectivity index (χ3n) is 3.98. The first-order valence-electron chi connectivity index (χ1n) is 8.36. The number of allylic oxidation sites excluding steroid dienone is 1. The molecule has 0 bridgehead atoms. The van der Waals surface area contributed by atoms with E-state index in [2.05, 4.69) is 6.07 Å². The molecule has 28 heavy (non-hydrogen) atoms. The van der Waals surface area contributed by atoms with Gasteiger partial charge in [0.1, 0.15) is 10.6 Å². The summed E-state index contributed by atoms with van der Waals surface area (Å²) in [4.78, 5) is 0.0204. The van der Waals surface area contributed by atoms with Crippen molar-refractivity contribution in [2.75, 3.05) is 0 Å². The van der Waals surface area contributed by atoms with Crippen molar-refractivity contribution in [1.29, 1.82) is 5.26 Å². The Labute approximate surface area is 169 Å². The monoisotopic (exact) mass is 409 g/mol. The molecule has 0 atom stereocenters. The Hall–Kier alpha value is -3.07. The molecule has 0 aliphatic carbocycles. The summed E-state index contributed by atoms with van der Waals surface area (Å²) in [6.07, 6.45) is 1.74. The molecule has 0 heterocycles. The first kappa shape index (κ1) is 19.7. The lowest BCUT2D eigenvalue weighted by Crippen LogP contribution is -2.09. The minimum absolute atomic E-state index is 0.0204. The van der Waals surface area contributed by atoms with Crippen LogP contribution in [0.5, 0.6) is 5.75 Å². The van der Waals surface area contributed by atoms with Crippen LogP contribution in [0, 0.1) is 18.3 Å². The lowest BCUT2D eigenvalue weighted by atomic mass is 10.0. The fourth-order valence-corrected chi connectivity index (χ4v) is 3.53. The average Bonchev–Trinajstić information content (AvgIpc) is 2.68. The Kier molecular flexibility index (Phi) is 5.84.